The molecular weight excluding hydrogens is 318 g/mol. The molecular formula is C16H22BrNO2. The third-order valence-electron chi connectivity index (χ3n) is 3.84. The van der Waals surface area contributed by atoms with E-state index >= 15 is 0 Å². The molecule has 1 aromatic carbocycles. The standard InChI is InChI=1S/C16H22BrNO2/c1-16(2,10-11-6-8-12(17)9-7-11)18-15(20)13-4-3-5-14(13)19/h6-9,13-14,19H,3-5,10H2,1-2H3,(H,18,20). The molecule has 1 aliphatic carbocycles. The summed E-state index contributed by atoms with van der Waals surface area (Å²) in [5.41, 5.74) is 0.873. The summed E-state index contributed by atoms with van der Waals surface area (Å²) in [4.78, 5) is 12.2. The van der Waals surface area contributed by atoms with Crippen molar-refractivity contribution >= 4 is 21.8 Å². The van der Waals surface area contributed by atoms with Crippen molar-refractivity contribution in [2.45, 2.75) is 51.2 Å². The van der Waals surface area contributed by atoms with E-state index in [0.717, 1.165) is 30.2 Å². The van der Waals surface area contributed by atoms with Crippen LogP contribution in [0.5, 0.6) is 0 Å². The van der Waals surface area contributed by atoms with Crippen LogP contribution < -0.4 is 5.32 Å². The number of carbonyl (C=O) groups is 1. The van der Waals surface area contributed by atoms with Gasteiger partial charge in [0, 0.05) is 10.0 Å². The highest BCUT2D eigenvalue weighted by molar-refractivity contribution is 9.10. The number of nitrogens with one attached hydrogen (secondary N) is 1. The van der Waals surface area contributed by atoms with Gasteiger partial charge in [0.2, 0.25) is 5.91 Å². The van der Waals surface area contributed by atoms with Crippen molar-refractivity contribution in [2.75, 3.05) is 0 Å². The van der Waals surface area contributed by atoms with E-state index in [-0.39, 0.29) is 17.4 Å². The topological polar surface area (TPSA) is 49.3 Å². The molecule has 20 heavy (non-hydrogen) atoms. The second-order valence-corrected chi connectivity index (χ2v) is 7.20. The van der Waals surface area contributed by atoms with Crippen LogP contribution in [-0.2, 0) is 11.2 Å². The Kier molecular flexibility index (Phi) is 4.86. The quantitative estimate of drug-likeness (QED) is 0.885. The number of aliphatic hydroxyl groups excluding tert-OH is 1. The van der Waals surface area contributed by atoms with Crippen molar-refractivity contribution < 1.29 is 9.90 Å². The number of amides is 1. The van der Waals surface area contributed by atoms with Gasteiger partial charge in [0.05, 0.1) is 12.0 Å². The third-order valence-corrected chi connectivity index (χ3v) is 4.37. The molecule has 110 valence electrons. The first-order valence-corrected chi connectivity index (χ1v) is 7.91. The highest BCUT2D eigenvalue weighted by Crippen LogP contribution is 2.26. The molecule has 0 aromatic heterocycles. The minimum absolute atomic E-state index is 0.0166. The average Bonchev–Trinajstić information content (AvgIpc) is 2.77. The Bertz CT molecular complexity index is 470. The molecule has 0 saturated heterocycles. The van der Waals surface area contributed by atoms with Gasteiger partial charge in [-0.2, -0.15) is 0 Å². The van der Waals surface area contributed by atoms with Gasteiger partial charge in [-0.05, 0) is 57.2 Å². The molecule has 0 spiro atoms. The Balaban J connectivity index is 1.96. The fraction of sp³-hybridized carbons (Fsp3) is 0.562. The number of hydrogen-bond donors (Lipinski definition) is 2. The van der Waals surface area contributed by atoms with Crippen LogP contribution in [0.1, 0.15) is 38.7 Å². The van der Waals surface area contributed by atoms with E-state index in [4.69, 9.17) is 0 Å². The Morgan fingerprint density at radius 1 is 1.35 bits per heavy atom. The highest BCUT2D eigenvalue weighted by atomic mass is 79.9. The second kappa shape index (κ2) is 6.27. The maximum atomic E-state index is 12.2. The van der Waals surface area contributed by atoms with Gasteiger partial charge in [-0.1, -0.05) is 28.1 Å². The van der Waals surface area contributed by atoms with E-state index in [1.165, 1.54) is 5.56 Å². The lowest BCUT2D eigenvalue weighted by Gasteiger charge is -2.29. The maximum absolute atomic E-state index is 12.2. The largest absolute Gasteiger partial charge is 0.392 e. The Morgan fingerprint density at radius 2 is 2.00 bits per heavy atom. The van der Waals surface area contributed by atoms with Crippen LogP contribution in [0, 0.1) is 5.92 Å². The van der Waals surface area contributed by atoms with Gasteiger partial charge in [-0.15, -0.1) is 0 Å². The van der Waals surface area contributed by atoms with Gasteiger partial charge < -0.3 is 10.4 Å². The number of benzene rings is 1. The van der Waals surface area contributed by atoms with Crippen LogP contribution in [0.15, 0.2) is 28.7 Å². The summed E-state index contributed by atoms with van der Waals surface area (Å²) in [5, 5.41) is 12.9. The third kappa shape index (κ3) is 4.06. The molecule has 0 radical (unpaired) electrons. The molecule has 3 nitrogen and oxygen atoms in total. The monoisotopic (exact) mass is 339 g/mol. The molecule has 1 amide bonds. The molecule has 2 rings (SSSR count). The average molecular weight is 340 g/mol. The van der Waals surface area contributed by atoms with Crippen molar-refractivity contribution in [3.63, 3.8) is 0 Å². The van der Waals surface area contributed by atoms with Crippen molar-refractivity contribution in [3.05, 3.63) is 34.3 Å². The number of carbonyl (C=O) groups excluding carboxylic acids is 1. The molecule has 2 unspecified atom stereocenters. The molecule has 1 aliphatic rings. The lowest BCUT2D eigenvalue weighted by Crippen LogP contribution is -2.48. The highest BCUT2D eigenvalue weighted by Gasteiger charge is 2.34. The summed E-state index contributed by atoms with van der Waals surface area (Å²) in [7, 11) is 0. The van der Waals surface area contributed by atoms with Crippen LogP contribution in [0.25, 0.3) is 0 Å². The summed E-state index contributed by atoms with van der Waals surface area (Å²) >= 11 is 3.42. The zero-order valence-electron chi connectivity index (χ0n) is 12.0. The van der Waals surface area contributed by atoms with Crippen LogP contribution >= 0.6 is 15.9 Å². The fourth-order valence-corrected chi connectivity index (χ4v) is 3.09. The van der Waals surface area contributed by atoms with Gasteiger partial charge in [0.25, 0.3) is 0 Å². The molecule has 1 fully saturated rings. The molecule has 2 N–H and O–H groups in total. The predicted molar refractivity (Wildman–Crippen MR) is 83.4 cm³/mol. The SMILES string of the molecule is CC(C)(Cc1ccc(Br)cc1)NC(=O)C1CCCC1O. The molecule has 4 heteroatoms. The van der Waals surface area contributed by atoms with E-state index in [1.807, 2.05) is 26.0 Å². The van der Waals surface area contributed by atoms with Crippen LogP contribution in [0.3, 0.4) is 0 Å². The van der Waals surface area contributed by atoms with Gasteiger partial charge in [-0.25, -0.2) is 0 Å². The van der Waals surface area contributed by atoms with Crippen molar-refractivity contribution in [2.24, 2.45) is 5.92 Å². The fourth-order valence-electron chi connectivity index (χ4n) is 2.83. The zero-order valence-corrected chi connectivity index (χ0v) is 13.6. The number of hydrogen-bond acceptors (Lipinski definition) is 2. The van der Waals surface area contributed by atoms with E-state index in [0.29, 0.717) is 0 Å². The zero-order chi connectivity index (χ0) is 14.8. The Labute approximate surface area is 128 Å². The smallest absolute Gasteiger partial charge is 0.226 e. The van der Waals surface area contributed by atoms with Crippen molar-refractivity contribution in [1.29, 1.82) is 0 Å². The van der Waals surface area contributed by atoms with E-state index in [1.54, 1.807) is 0 Å². The lowest BCUT2D eigenvalue weighted by atomic mass is 9.93. The number of halogens is 1. The number of aliphatic hydroxyl groups is 1. The molecule has 1 saturated carbocycles. The summed E-state index contributed by atoms with van der Waals surface area (Å²) in [5.74, 6) is -0.253. The molecule has 0 heterocycles. The van der Waals surface area contributed by atoms with Gasteiger partial charge in [0.15, 0.2) is 0 Å². The first-order chi connectivity index (χ1) is 9.37. The normalized spacial score (nSPS) is 22.8. The van der Waals surface area contributed by atoms with Crippen LogP contribution in [0.2, 0.25) is 0 Å². The molecule has 0 bridgehead atoms. The number of rotatable bonds is 4. The van der Waals surface area contributed by atoms with Gasteiger partial charge in [0.1, 0.15) is 0 Å². The van der Waals surface area contributed by atoms with Crippen LogP contribution in [0.4, 0.5) is 0 Å². The maximum Gasteiger partial charge on any atom is 0.226 e. The van der Waals surface area contributed by atoms with E-state index in [2.05, 4.69) is 33.4 Å². The Morgan fingerprint density at radius 3 is 2.55 bits per heavy atom. The van der Waals surface area contributed by atoms with Crippen molar-refractivity contribution in [3.8, 4) is 0 Å². The summed E-state index contributed by atoms with van der Waals surface area (Å²) < 4.78 is 1.05. The minimum atomic E-state index is -0.474. The van der Waals surface area contributed by atoms with E-state index in [9.17, 15) is 9.90 Å². The molecule has 0 aliphatic heterocycles. The van der Waals surface area contributed by atoms with Crippen molar-refractivity contribution in [1.82, 2.24) is 5.32 Å². The molecule has 2 atom stereocenters. The summed E-state index contributed by atoms with van der Waals surface area (Å²) in [6.07, 6.45) is 2.77. The second-order valence-electron chi connectivity index (χ2n) is 6.28. The predicted octanol–water partition coefficient (Wildman–Crippen LogP) is 3.05. The molecule has 1 aromatic rings. The van der Waals surface area contributed by atoms with Gasteiger partial charge >= 0.3 is 0 Å². The summed E-state index contributed by atoms with van der Waals surface area (Å²) in [6.45, 7) is 4.04. The first kappa shape index (κ1) is 15.5. The lowest BCUT2D eigenvalue weighted by molar-refractivity contribution is -0.129. The Hall–Kier alpha value is -0.870. The minimum Gasteiger partial charge on any atom is -0.392 e. The van der Waals surface area contributed by atoms with E-state index < -0.39 is 6.10 Å². The van der Waals surface area contributed by atoms with Gasteiger partial charge in [-0.3, -0.25) is 4.79 Å². The van der Waals surface area contributed by atoms with Crippen LogP contribution in [-0.4, -0.2) is 22.7 Å². The summed E-state index contributed by atoms with van der Waals surface area (Å²) in [6, 6.07) is 8.13. The first-order valence-electron chi connectivity index (χ1n) is 7.12.